The fourth-order valence-corrected chi connectivity index (χ4v) is 2.50. The van der Waals surface area contributed by atoms with Gasteiger partial charge < -0.3 is 15.7 Å². The zero-order valence-corrected chi connectivity index (χ0v) is 10.4. The van der Waals surface area contributed by atoms with Gasteiger partial charge in [0.1, 0.15) is 12.5 Å². The van der Waals surface area contributed by atoms with E-state index in [0.29, 0.717) is 11.5 Å². The summed E-state index contributed by atoms with van der Waals surface area (Å²) in [5.74, 6) is 0.125. The number of thiocarbonyl (C=S) groups is 1. The topological polar surface area (TPSA) is 44.3 Å². The molecule has 0 spiro atoms. The van der Waals surface area contributed by atoms with Gasteiger partial charge in [0, 0.05) is 0 Å². The van der Waals surface area contributed by atoms with E-state index in [4.69, 9.17) is 17.3 Å². The van der Waals surface area contributed by atoms with Crippen LogP contribution in [0.2, 0.25) is 0 Å². The third kappa shape index (κ3) is 2.40. The van der Waals surface area contributed by atoms with Crippen LogP contribution in [-0.2, 0) is 6.42 Å². The van der Waals surface area contributed by atoms with Gasteiger partial charge in [-0.05, 0) is 41.7 Å². The highest BCUT2D eigenvalue weighted by Gasteiger charge is 2.31. The molecular formula is C12H15FN2OS. The summed E-state index contributed by atoms with van der Waals surface area (Å²) in [6, 6.07) is 5.12. The van der Waals surface area contributed by atoms with Crippen molar-refractivity contribution in [3.8, 4) is 0 Å². The number of aliphatic hydroxyl groups is 1. The van der Waals surface area contributed by atoms with Gasteiger partial charge >= 0.3 is 0 Å². The third-order valence-electron chi connectivity index (χ3n) is 3.11. The number of aliphatic hydroxyl groups excluding tert-OH is 1. The summed E-state index contributed by atoms with van der Waals surface area (Å²) in [6.07, 6.45) is 0.710. The Balaban J connectivity index is 2.20. The molecule has 0 saturated heterocycles. The lowest BCUT2D eigenvalue weighted by atomic mass is 10.0. The van der Waals surface area contributed by atoms with Gasteiger partial charge in [-0.2, -0.15) is 0 Å². The van der Waals surface area contributed by atoms with Crippen LogP contribution < -0.4 is 10.6 Å². The summed E-state index contributed by atoms with van der Waals surface area (Å²) in [7, 11) is 0. The molecular weight excluding hydrogens is 239 g/mol. The number of rotatable bonds is 2. The number of benzene rings is 1. The first kappa shape index (κ1) is 12.3. The van der Waals surface area contributed by atoms with Gasteiger partial charge in [0.15, 0.2) is 5.11 Å². The van der Waals surface area contributed by atoms with Crippen LogP contribution in [0.1, 0.15) is 24.1 Å². The Kier molecular flexibility index (Phi) is 3.59. The molecule has 0 radical (unpaired) electrons. The number of fused-ring (bicyclic) bond motifs is 1. The van der Waals surface area contributed by atoms with Crippen LogP contribution >= 0.6 is 12.2 Å². The molecule has 0 amide bonds. The molecule has 0 bridgehead atoms. The van der Waals surface area contributed by atoms with Gasteiger partial charge in [0.25, 0.3) is 0 Å². The molecule has 2 unspecified atom stereocenters. The summed E-state index contributed by atoms with van der Waals surface area (Å²) in [6.45, 7) is 1.85. The van der Waals surface area contributed by atoms with Gasteiger partial charge in [-0.3, -0.25) is 0 Å². The molecule has 0 aromatic heterocycles. The van der Waals surface area contributed by atoms with Crippen LogP contribution in [-0.4, -0.2) is 16.9 Å². The molecule has 92 valence electrons. The van der Waals surface area contributed by atoms with E-state index in [2.05, 4.69) is 17.6 Å². The van der Waals surface area contributed by atoms with Crippen LogP contribution in [0.4, 0.5) is 4.39 Å². The van der Waals surface area contributed by atoms with Crippen molar-refractivity contribution in [1.82, 2.24) is 10.6 Å². The third-order valence-corrected chi connectivity index (χ3v) is 3.37. The maximum Gasteiger partial charge on any atom is 0.168 e. The minimum absolute atomic E-state index is 0.00671. The van der Waals surface area contributed by atoms with Crippen LogP contribution in [0, 0.1) is 11.7 Å². The molecule has 1 aromatic carbocycles. The monoisotopic (exact) mass is 254 g/mol. The fraction of sp³-hybridized carbons (Fsp3) is 0.417. The molecule has 3 nitrogen and oxygen atoms in total. The van der Waals surface area contributed by atoms with E-state index in [-0.39, 0.29) is 24.5 Å². The summed E-state index contributed by atoms with van der Waals surface area (Å²) in [4.78, 5) is 0. The molecule has 1 aromatic rings. The lowest BCUT2D eigenvalue weighted by Gasteiger charge is -2.20. The minimum atomic E-state index is -0.205. The molecule has 0 fully saturated rings. The van der Waals surface area contributed by atoms with Crippen molar-refractivity contribution >= 4 is 17.3 Å². The maximum atomic E-state index is 13.6. The molecule has 5 heteroatoms. The second-order valence-electron chi connectivity index (χ2n) is 4.28. The Morgan fingerprint density at radius 1 is 1.59 bits per heavy atom. The first-order chi connectivity index (χ1) is 8.13. The lowest BCUT2D eigenvalue weighted by molar-refractivity contribution is 0.284. The largest absolute Gasteiger partial charge is 0.377 e. The molecule has 0 aliphatic heterocycles. The number of halogens is 1. The van der Waals surface area contributed by atoms with Gasteiger partial charge in [0.2, 0.25) is 0 Å². The summed E-state index contributed by atoms with van der Waals surface area (Å²) < 4.78 is 13.6. The predicted octanol–water partition coefficient (Wildman–Crippen LogP) is 1.47. The van der Waals surface area contributed by atoms with Gasteiger partial charge in [0.05, 0.1) is 6.04 Å². The molecule has 2 rings (SSSR count). The van der Waals surface area contributed by atoms with Crippen molar-refractivity contribution in [3.05, 3.63) is 35.1 Å². The minimum Gasteiger partial charge on any atom is -0.377 e. The normalized spacial score (nSPS) is 22.1. The van der Waals surface area contributed by atoms with E-state index < -0.39 is 0 Å². The number of nitrogens with one attached hydrogen (secondary N) is 2. The Hall–Kier alpha value is -1.20. The van der Waals surface area contributed by atoms with E-state index in [1.54, 1.807) is 6.07 Å². The highest BCUT2D eigenvalue weighted by molar-refractivity contribution is 7.80. The van der Waals surface area contributed by atoms with Crippen molar-refractivity contribution in [2.75, 3.05) is 6.73 Å². The highest BCUT2D eigenvalue weighted by Crippen LogP contribution is 2.36. The molecule has 2 atom stereocenters. The Bertz CT molecular complexity index is 439. The summed E-state index contributed by atoms with van der Waals surface area (Å²) >= 11 is 5.03. The van der Waals surface area contributed by atoms with Crippen molar-refractivity contribution in [3.63, 3.8) is 0 Å². The van der Waals surface area contributed by atoms with E-state index in [9.17, 15) is 4.39 Å². The number of hydrogen-bond donors (Lipinski definition) is 3. The van der Waals surface area contributed by atoms with Gasteiger partial charge in [-0.1, -0.05) is 19.1 Å². The standard InChI is InChI=1S/C12H15FN2OS/c1-7-5-9-8(3-2-4-10(9)13)11(7)15-12(17)14-6-16/h2-4,7,11,16H,5-6H2,1H3,(H2,14,15,17). The summed E-state index contributed by atoms with van der Waals surface area (Å²) in [5.41, 5.74) is 1.73. The van der Waals surface area contributed by atoms with Crippen LogP contribution in [0.5, 0.6) is 0 Å². The fourth-order valence-electron chi connectivity index (χ4n) is 2.31. The van der Waals surface area contributed by atoms with E-state index in [0.717, 1.165) is 11.1 Å². The molecule has 1 aliphatic rings. The SMILES string of the molecule is CC1Cc2c(F)cccc2C1NC(=S)NCO. The van der Waals surface area contributed by atoms with Crippen molar-refractivity contribution in [1.29, 1.82) is 0 Å². The van der Waals surface area contributed by atoms with Crippen molar-refractivity contribution < 1.29 is 9.50 Å². The molecule has 17 heavy (non-hydrogen) atoms. The van der Waals surface area contributed by atoms with Crippen molar-refractivity contribution in [2.45, 2.75) is 19.4 Å². The predicted molar refractivity (Wildman–Crippen MR) is 68.0 cm³/mol. The smallest absolute Gasteiger partial charge is 0.168 e. The molecule has 0 saturated carbocycles. The van der Waals surface area contributed by atoms with E-state index in [1.165, 1.54) is 6.07 Å². The molecule has 1 aliphatic carbocycles. The van der Waals surface area contributed by atoms with E-state index in [1.807, 2.05) is 6.07 Å². The van der Waals surface area contributed by atoms with Crippen molar-refractivity contribution in [2.24, 2.45) is 5.92 Å². The average Bonchev–Trinajstić information content (AvgIpc) is 2.58. The maximum absolute atomic E-state index is 13.6. The number of hydrogen-bond acceptors (Lipinski definition) is 2. The average molecular weight is 254 g/mol. The van der Waals surface area contributed by atoms with Gasteiger partial charge in [-0.15, -0.1) is 0 Å². The quantitative estimate of drug-likeness (QED) is 0.552. The lowest BCUT2D eigenvalue weighted by Crippen LogP contribution is -2.39. The highest BCUT2D eigenvalue weighted by atomic mass is 32.1. The van der Waals surface area contributed by atoms with E-state index >= 15 is 0 Å². The van der Waals surface area contributed by atoms with Crippen LogP contribution in [0.15, 0.2) is 18.2 Å². The zero-order chi connectivity index (χ0) is 12.4. The Morgan fingerprint density at radius 3 is 3.06 bits per heavy atom. The first-order valence-electron chi connectivity index (χ1n) is 5.56. The summed E-state index contributed by atoms with van der Waals surface area (Å²) in [5, 5.41) is 14.8. The second-order valence-corrected chi connectivity index (χ2v) is 4.68. The van der Waals surface area contributed by atoms with Crippen LogP contribution in [0.3, 0.4) is 0 Å². The second kappa shape index (κ2) is 4.98. The van der Waals surface area contributed by atoms with Gasteiger partial charge in [-0.25, -0.2) is 4.39 Å². The zero-order valence-electron chi connectivity index (χ0n) is 9.53. The molecule has 3 N–H and O–H groups in total. The molecule has 0 heterocycles. The van der Waals surface area contributed by atoms with Crippen LogP contribution in [0.25, 0.3) is 0 Å². The Morgan fingerprint density at radius 2 is 2.35 bits per heavy atom. The first-order valence-corrected chi connectivity index (χ1v) is 5.96. The Labute approximate surface area is 105 Å².